The van der Waals surface area contributed by atoms with E-state index in [1.165, 1.54) is 0 Å². The number of alkyl halides is 1. The van der Waals surface area contributed by atoms with Gasteiger partial charge in [0.2, 0.25) is 0 Å². The largest absolute Gasteiger partial charge is 0.230 e. The predicted molar refractivity (Wildman–Crippen MR) is 94.0 cm³/mol. The molecule has 0 aliphatic rings. The first-order chi connectivity index (χ1) is 10.5. The van der Waals surface area contributed by atoms with E-state index in [9.17, 15) is 0 Å². The molecule has 0 aliphatic carbocycles. The average Bonchev–Trinajstić information content (AvgIpc) is 2.52. The lowest BCUT2D eigenvalue weighted by Crippen LogP contribution is -2.35. The van der Waals surface area contributed by atoms with E-state index in [0.717, 1.165) is 22.9 Å². The highest BCUT2D eigenvalue weighted by atomic mass is 79.9. The van der Waals surface area contributed by atoms with Gasteiger partial charge < -0.3 is 0 Å². The Hall–Kier alpha value is -1.16. The van der Waals surface area contributed by atoms with Gasteiger partial charge in [-0.2, -0.15) is 0 Å². The van der Waals surface area contributed by atoms with Gasteiger partial charge in [-0.05, 0) is 38.3 Å². The van der Waals surface area contributed by atoms with Gasteiger partial charge in [0.25, 0.3) is 0 Å². The molecule has 0 aliphatic heterocycles. The van der Waals surface area contributed by atoms with Crippen molar-refractivity contribution >= 4 is 15.9 Å². The van der Waals surface area contributed by atoms with E-state index in [1.807, 2.05) is 57.2 Å². The molecular formula is C19H23BrO2. The van der Waals surface area contributed by atoms with Crippen LogP contribution in [-0.2, 0) is 15.4 Å². The van der Waals surface area contributed by atoms with E-state index in [2.05, 4.69) is 40.2 Å². The zero-order chi connectivity index (χ0) is 16.1. The Morgan fingerprint density at radius 2 is 1.23 bits per heavy atom. The summed E-state index contributed by atoms with van der Waals surface area (Å²) < 4.78 is 0. The summed E-state index contributed by atoms with van der Waals surface area (Å²) >= 11 is 3.56. The molecule has 118 valence electrons. The molecular weight excluding hydrogens is 340 g/mol. The van der Waals surface area contributed by atoms with Crippen LogP contribution in [-0.4, -0.2) is 10.9 Å². The Balaban J connectivity index is 2.49. The lowest BCUT2D eigenvalue weighted by atomic mass is 9.84. The highest BCUT2D eigenvalue weighted by molar-refractivity contribution is 9.09. The number of hydrogen-bond acceptors (Lipinski definition) is 2. The molecule has 2 rings (SSSR count). The van der Waals surface area contributed by atoms with Gasteiger partial charge in [0.05, 0.1) is 5.60 Å². The van der Waals surface area contributed by atoms with Crippen molar-refractivity contribution < 1.29 is 9.78 Å². The van der Waals surface area contributed by atoms with Gasteiger partial charge in [0.1, 0.15) is 0 Å². The van der Waals surface area contributed by atoms with Gasteiger partial charge in [0, 0.05) is 5.33 Å². The maximum atomic E-state index is 6.08. The van der Waals surface area contributed by atoms with Crippen LogP contribution in [0.2, 0.25) is 0 Å². The Kier molecular flexibility index (Phi) is 5.79. The van der Waals surface area contributed by atoms with E-state index < -0.39 is 5.60 Å². The van der Waals surface area contributed by atoms with Crippen molar-refractivity contribution in [1.82, 2.24) is 0 Å². The molecule has 3 heteroatoms. The van der Waals surface area contributed by atoms with Gasteiger partial charge in [-0.25, -0.2) is 9.78 Å². The van der Waals surface area contributed by atoms with Gasteiger partial charge in [0.15, 0.2) is 5.60 Å². The van der Waals surface area contributed by atoms with Crippen LogP contribution in [0, 0.1) is 0 Å². The average molecular weight is 363 g/mol. The minimum Gasteiger partial charge on any atom is -0.230 e. The summed E-state index contributed by atoms with van der Waals surface area (Å²) in [5.74, 6) is 0. The minimum absolute atomic E-state index is 0.374. The fraction of sp³-hybridized carbons (Fsp3) is 0.368. The number of benzene rings is 2. The van der Waals surface area contributed by atoms with Crippen molar-refractivity contribution in [3.63, 3.8) is 0 Å². The van der Waals surface area contributed by atoms with Crippen LogP contribution in [0.1, 0.15) is 38.3 Å². The lowest BCUT2D eigenvalue weighted by Gasteiger charge is -2.35. The molecule has 0 unspecified atom stereocenters. The summed E-state index contributed by atoms with van der Waals surface area (Å²) in [5.41, 5.74) is 1.18. The normalized spacial score (nSPS) is 12.4. The zero-order valence-electron chi connectivity index (χ0n) is 13.4. The second-order valence-electron chi connectivity index (χ2n) is 6.28. The number of hydrogen-bond donors (Lipinski definition) is 0. The Morgan fingerprint density at radius 1 is 0.773 bits per heavy atom. The van der Waals surface area contributed by atoms with Crippen molar-refractivity contribution in [3.8, 4) is 0 Å². The molecule has 0 N–H and O–H groups in total. The molecule has 2 aromatic rings. The van der Waals surface area contributed by atoms with Gasteiger partial charge in [-0.3, -0.25) is 0 Å². The third-order valence-corrected chi connectivity index (χ3v) is 3.76. The molecule has 2 aromatic carbocycles. The van der Waals surface area contributed by atoms with Crippen molar-refractivity contribution in [1.29, 1.82) is 0 Å². The maximum Gasteiger partial charge on any atom is 0.154 e. The fourth-order valence-corrected chi connectivity index (χ4v) is 2.90. The summed E-state index contributed by atoms with van der Waals surface area (Å²) in [6.45, 7) is 5.96. The Morgan fingerprint density at radius 3 is 1.59 bits per heavy atom. The maximum absolute atomic E-state index is 6.08. The van der Waals surface area contributed by atoms with E-state index >= 15 is 0 Å². The van der Waals surface area contributed by atoms with E-state index in [-0.39, 0.29) is 5.60 Å². The summed E-state index contributed by atoms with van der Waals surface area (Å²) in [5, 5.41) is 0.810. The zero-order valence-corrected chi connectivity index (χ0v) is 15.0. The lowest BCUT2D eigenvalue weighted by molar-refractivity contribution is -0.400. The third-order valence-electron chi connectivity index (χ3n) is 3.36. The van der Waals surface area contributed by atoms with Gasteiger partial charge in [-0.15, -0.1) is 0 Å². The number of rotatable bonds is 6. The monoisotopic (exact) mass is 362 g/mol. The minimum atomic E-state index is -0.626. The Labute approximate surface area is 141 Å². The van der Waals surface area contributed by atoms with Crippen LogP contribution in [0.15, 0.2) is 60.7 Å². The molecule has 0 amide bonds. The topological polar surface area (TPSA) is 18.5 Å². The highest BCUT2D eigenvalue weighted by Gasteiger charge is 2.37. The summed E-state index contributed by atoms with van der Waals surface area (Å²) in [6, 6.07) is 20.5. The molecule has 0 atom stereocenters. The molecule has 2 nitrogen and oxygen atoms in total. The van der Waals surface area contributed by atoms with E-state index in [4.69, 9.17) is 9.78 Å². The molecule has 22 heavy (non-hydrogen) atoms. The Bertz CT molecular complexity index is 521. The van der Waals surface area contributed by atoms with Crippen molar-refractivity contribution in [2.24, 2.45) is 0 Å². The molecule has 0 radical (unpaired) electrons. The van der Waals surface area contributed by atoms with Crippen LogP contribution < -0.4 is 0 Å². The molecule has 0 saturated carbocycles. The summed E-state index contributed by atoms with van der Waals surface area (Å²) in [4.78, 5) is 11.8. The second kappa shape index (κ2) is 7.40. The van der Waals surface area contributed by atoms with Crippen molar-refractivity contribution in [2.45, 2.75) is 38.4 Å². The predicted octanol–water partition coefficient (Wildman–Crippen LogP) is 5.46. The standard InChI is InChI=1S/C19H23BrO2/c1-18(2,3)21-22-19(14-15-20,16-10-6-4-7-11-16)17-12-8-5-9-13-17/h4-13H,14-15H2,1-3H3. The van der Waals surface area contributed by atoms with Crippen LogP contribution in [0.5, 0.6) is 0 Å². The van der Waals surface area contributed by atoms with Crippen molar-refractivity contribution in [3.05, 3.63) is 71.8 Å². The second-order valence-corrected chi connectivity index (χ2v) is 7.07. The van der Waals surface area contributed by atoms with Crippen LogP contribution in [0.3, 0.4) is 0 Å². The fourth-order valence-electron chi connectivity index (χ4n) is 2.34. The molecule has 0 aromatic heterocycles. The molecule has 0 fully saturated rings. The van der Waals surface area contributed by atoms with Crippen LogP contribution in [0.25, 0.3) is 0 Å². The van der Waals surface area contributed by atoms with E-state index in [1.54, 1.807) is 0 Å². The summed E-state index contributed by atoms with van der Waals surface area (Å²) in [7, 11) is 0. The smallest absolute Gasteiger partial charge is 0.154 e. The summed E-state index contributed by atoms with van der Waals surface area (Å²) in [6.07, 6.45) is 0.775. The first-order valence-electron chi connectivity index (χ1n) is 7.52. The SMILES string of the molecule is CC(C)(C)OOC(CCBr)(c1ccccc1)c1ccccc1. The van der Waals surface area contributed by atoms with Gasteiger partial charge >= 0.3 is 0 Å². The number of halogens is 1. The quantitative estimate of drug-likeness (QED) is 0.385. The highest BCUT2D eigenvalue weighted by Crippen LogP contribution is 2.38. The van der Waals surface area contributed by atoms with Crippen molar-refractivity contribution in [2.75, 3.05) is 5.33 Å². The molecule has 0 spiro atoms. The third kappa shape index (κ3) is 4.19. The molecule has 0 bridgehead atoms. The molecule has 0 heterocycles. The van der Waals surface area contributed by atoms with Crippen LogP contribution >= 0.6 is 15.9 Å². The first-order valence-corrected chi connectivity index (χ1v) is 8.64. The molecule has 0 saturated heterocycles. The first kappa shape index (κ1) is 17.2. The van der Waals surface area contributed by atoms with Gasteiger partial charge in [-0.1, -0.05) is 76.6 Å². The van der Waals surface area contributed by atoms with Crippen LogP contribution in [0.4, 0.5) is 0 Å². The van der Waals surface area contributed by atoms with E-state index in [0.29, 0.717) is 0 Å².